The molecule has 1 aliphatic heterocycles. The summed E-state index contributed by atoms with van der Waals surface area (Å²) in [7, 11) is 0. The number of hydrogen-bond donors (Lipinski definition) is 1. The van der Waals surface area contributed by atoms with E-state index in [0.29, 0.717) is 11.6 Å². The minimum atomic E-state index is -0.698. The van der Waals surface area contributed by atoms with Gasteiger partial charge in [-0.3, -0.25) is 19.3 Å². The van der Waals surface area contributed by atoms with E-state index in [1.807, 2.05) is 30.3 Å². The molecule has 1 atom stereocenters. The second-order valence-electron chi connectivity index (χ2n) is 7.91. The predicted octanol–water partition coefficient (Wildman–Crippen LogP) is 3.40. The van der Waals surface area contributed by atoms with Crippen molar-refractivity contribution in [1.82, 2.24) is 5.32 Å². The second kappa shape index (κ2) is 10.0. The van der Waals surface area contributed by atoms with E-state index in [0.717, 1.165) is 16.9 Å². The lowest BCUT2D eigenvalue weighted by molar-refractivity contribution is -0.125. The summed E-state index contributed by atoms with van der Waals surface area (Å²) in [6.45, 7) is 3.72. The molecule has 3 rings (SSSR count). The smallest absolute Gasteiger partial charge is 0.338 e. The zero-order valence-electron chi connectivity index (χ0n) is 17.7. The van der Waals surface area contributed by atoms with Crippen molar-refractivity contribution >= 4 is 29.4 Å². The van der Waals surface area contributed by atoms with Crippen molar-refractivity contribution in [2.75, 3.05) is 11.5 Å². The van der Waals surface area contributed by atoms with Gasteiger partial charge in [0.2, 0.25) is 11.8 Å². The molecule has 162 valence electrons. The third-order valence-electron chi connectivity index (χ3n) is 4.97. The molecule has 1 fully saturated rings. The van der Waals surface area contributed by atoms with Crippen molar-refractivity contribution in [2.45, 2.75) is 39.2 Å². The highest BCUT2D eigenvalue weighted by Gasteiger charge is 2.30. The Hall–Kier alpha value is -3.48. The number of hydrogen-bond acceptors (Lipinski definition) is 5. The van der Waals surface area contributed by atoms with Crippen LogP contribution in [-0.2, 0) is 19.1 Å². The summed E-state index contributed by atoms with van der Waals surface area (Å²) in [5, 5.41) is 2.93. The van der Waals surface area contributed by atoms with E-state index in [1.54, 1.807) is 12.1 Å². The molecule has 0 aromatic heterocycles. The Morgan fingerprint density at radius 2 is 1.68 bits per heavy atom. The summed E-state index contributed by atoms with van der Waals surface area (Å²) < 4.78 is 5.16. The van der Waals surface area contributed by atoms with E-state index in [1.165, 1.54) is 12.1 Å². The maximum Gasteiger partial charge on any atom is 0.338 e. The van der Waals surface area contributed by atoms with Gasteiger partial charge in [0.15, 0.2) is 6.61 Å². The molecule has 3 amide bonds. The van der Waals surface area contributed by atoms with Crippen LogP contribution in [0, 0.1) is 5.92 Å². The fourth-order valence-electron chi connectivity index (χ4n) is 3.52. The first-order valence-electron chi connectivity index (χ1n) is 10.3. The topological polar surface area (TPSA) is 92.8 Å². The molecule has 0 unspecified atom stereocenters. The average Bonchev–Trinajstić information content (AvgIpc) is 3.10. The van der Waals surface area contributed by atoms with Crippen LogP contribution >= 0.6 is 0 Å². The summed E-state index contributed by atoms with van der Waals surface area (Å²) in [5.74, 6) is -1.33. The number of esters is 1. The Morgan fingerprint density at radius 1 is 1.00 bits per heavy atom. The Morgan fingerprint density at radius 3 is 2.32 bits per heavy atom. The summed E-state index contributed by atoms with van der Waals surface area (Å²) in [5.41, 5.74) is 1.48. The van der Waals surface area contributed by atoms with Crippen LogP contribution in [-0.4, -0.2) is 30.3 Å². The normalized spacial score (nSPS) is 14.6. The molecule has 0 radical (unpaired) electrons. The van der Waals surface area contributed by atoms with Crippen molar-refractivity contribution in [3.8, 4) is 0 Å². The van der Waals surface area contributed by atoms with Gasteiger partial charge < -0.3 is 10.1 Å². The number of nitrogens with zero attached hydrogens (tertiary/aromatic N) is 1. The van der Waals surface area contributed by atoms with Gasteiger partial charge in [-0.2, -0.15) is 0 Å². The van der Waals surface area contributed by atoms with E-state index < -0.39 is 18.5 Å². The molecule has 0 bridgehead atoms. The van der Waals surface area contributed by atoms with Crippen LogP contribution in [0.25, 0.3) is 0 Å². The fourth-order valence-corrected chi connectivity index (χ4v) is 3.52. The van der Waals surface area contributed by atoms with Crippen LogP contribution in [0.15, 0.2) is 54.6 Å². The SMILES string of the molecule is CC(C)C[C@H](NC(=O)COC(=O)c1cccc(N2C(=O)CCC2=O)c1)c1ccccc1. The number of ether oxygens (including phenoxy) is 1. The molecule has 31 heavy (non-hydrogen) atoms. The molecule has 2 aromatic rings. The first kappa shape index (κ1) is 22.2. The number of anilines is 1. The van der Waals surface area contributed by atoms with E-state index in [2.05, 4.69) is 19.2 Å². The Balaban J connectivity index is 1.61. The van der Waals surface area contributed by atoms with Gasteiger partial charge in [0.1, 0.15) is 0 Å². The third-order valence-corrected chi connectivity index (χ3v) is 4.97. The van der Waals surface area contributed by atoms with Gasteiger partial charge in [-0.1, -0.05) is 50.2 Å². The van der Waals surface area contributed by atoms with Crippen LogP contribution in [0.5, 0.6) is 0 Å². The van der Waals surface area contributed by atoms with Gasteiger partial charge >= 0.3 is 5.97 Å². The largest absolute Gasteiger partial charge is 0.452 e. The zero-order valence-corrected chi connectivity index (χ0v) is 17.7. The van der Waals surface area contributed by atoms with E-state index in [-0.39, 0.29) is 36.3 Å². The molecule has 1 heterocycles. The number of amides is 3. The Bertz CT molecular complexity index is 955. The molecular formula is C24H26N2O5. The summed E-state index contributed by atoms with van der Waals surface area (Å²) in [6, 6.07) is 15.6. The molecule has 1 aliphatic rings. The quantitative estimate of drug-likeness (QED) is 0.520. The highest BCUT2D eigenvalue weighted by atomic mass is 16.5. The summed E-state index contributed by atoms with van der Waals surface area (Å²) >= 11 is 0. The summed E-state index contributed by atoms with van der Waals surface area (Å²) in [6.07, 6.45) is 1.07. The molecule has 1 N–H and O–H groups in total. The maximum absolute atomic E-state index is 12.4. The lowest BCUT2D eigenvalue weighted by atomic mass is 9.97. The van der Waals surface area contributed by atoms with Crippen LogP contribution in [0.2, 0.25) is 0 Å². The standard InChI is InChI=1S/C24H26N2O5/c1-16(2)13-20(17-7-4-3-5-8-17)25-21(27)15-31-24(30)18-9-6-10-19(14-18)26-22(28)11-12-23(26)29/h3-10,14,16,20H,11-13,15H2,1-2H3,(H,25,27)/t20-/m0/s1. The molecule has 0 spiro atoms. The van der Waals surface area contributed by atoms with Crippen molar-refractivity contribution in [3.05, 3.63) is 65.7 Å². The lowest BCUT2D eigenvalue weighted by Gasteiger charge is -2.21. The van der Waals surface area contributed by atoms with Crippen molar-refractivity contribution in [3.63, 3.8) is 0 Å². The van der Waals surface area contributed by atoms with Crippen molar-refractivity contribution in [2.24, 2.45) is 5.92 Å². The van der Waals surface area contributed by atoms with Gasteiger partial charge in [0.25, 0.3) is 5.91 Å². The van der Waals surface area contributed by atoms with Crippen LogP contribution in [0.4, 0.5) is 5.69 Å². The minimum absolute atomic E-state index is 0.159. The number of benzene rings is 2. The van der Waals surface area contributed by atoms with Gasteiger partial charge in [-0.15, -0.1) is 0 Å². The van der Waals surface area contributed by atoms with Crippen LogP contribution < -0.4 is 10.2 Å². The highest BCUT2D eigenvalue weighted by molar-refractivity contribution is 6.20. The number of nitrogens with one attached hydrogen (secondary N) is 1. The van der Waals surface area contributed by atoms with Crippen molar-refractivity contribution < 1.29 is 23.9 Å². The summed E-state index contributed by atoms with van der Waals surface area (Å²) in [4.78, 5) is 49.7. The van der Waals surface area contributed by atoms with Crippen LogP contribution in [0.3, 0.4) is 0 Å². The Kier molecular flexibility index (Phi) is 7.18. The van der Waals surface area contributed by atoms with E-state index >= 15 is 0 Å². The molecule has 7 heteroatoms. The number of carbonyl (C=O) groups is 4. The maximum atomic E-state index is 12.4. The molecule has 0 aliphatic carbocycles. The first-order valence-corrected chi connectivity index (χ1v) is 10.3. The monoisotopic (exact) mass is 422 g/mol. The number of imide groups is 1. The van der Waals surface area contributed by atoms with Gasteiger partial charge in [0, 0.05) is 12.8 Å². The third kappa shape index (κ3) is 5.78. The van der Waals surface area contributed by atoms with Crippen LogP contribution in [0.1, 0.15) is 55.1 Å². The van der Waals surface area contributed by atoms with E-state index in [4.69, 9.17) is 4.74 Å². The number of carbonyl (C=O) groups excluding carboxylic acids is 4. The minimum Gasteiger partial charge on any atom is -0.452 e. The zero-order chi connectivity index (χ0) is 22.4. The number of rotatable bonds is 8. The molecule has 7 nitrogen and oxygen atoms in total. The van der Waals surface area contributed by atoms with E-state index in [9.17, 15) is 19.2 Å². The van der Waals surface area contributed by atoms with Gasteiger partial charge in [-0.25, -0.2) is 4.79 Å². The molecule has 2 aromatic carbocycles. The second-order valence-corrected chi connectivity index (χ2v) is 7.91. The fraction of sp³-hybridized carbons (Fsp3) is 0.333. The molecular weight excluding hydrogens is 396 g/mol. The average molecular weight is 422 g/mol. The van der Waals surface area contributed by atoms with Crippen molar-refractivity contribution in [1.29, 1.82) is 0 Å². The Labute approximate surface area is 181 Å². The first-order chi connectivity index (χ1) is 14.8. The lowest BCUT2D eigenvalue weighted by Crippen LogP contribution is -2.33. The predicted molar refractivity (Wildman–Crippen MR) is 115 cm³/mol. The van der Waals surface area contributed by atoms with Gasteiger partial charge in [-0.05, 0) is 36.1 Å². The molecule has 1 saturated heterocycles. The van der Waals surface area contributed by atoms with Gasteiger partial charge in [0.05, 0.1) is 17.3 Å². The molecule has 0 saturated carbocycles. The highest BCUT2D eigenvalue weighted by Crippen LogP contribution is 2.24.